The van der Waals surface area contributed by atoms with Crippen molar-refractivity contribution in [2.75, 3.05) is 6.54 Å². The fraction of sp³-hybridized carbons (Fsp3) is 0.385. The summed E-state index contributed by atoms with van der Waals surface area (Å²) in [5.74, 6) is 0. The summed E-state index contributed by atoms with van der Waals surface area (Å²) in [5.41, 5.74) is 10.1. The highest BCUT2D eigenvalue weighted by atomic mass is 79.9. The van der Waals surface area contributed by atoms with Gasteiger partial charge in [-0.05, 0) is 29.2 Å². The molecule has 0 unspecified atom stereocenters. The highest BCUT2D eigenvalue weighted by Gasteiger charge is 2.28. The Morgan fingerprint density at radius 2 is 2.13 bits per heavy atom. The molecule has 1 aromatic rings. The van der Waals surface area contributed by atoms with Crippen LogP contribution in [0.4, 0.5) is 0 Å². The second-order valence-corrected chi connectivity index (χ2v) is 5.53. The van der Waals surface area contributed by atoms with Crippen LogP contribution in [0.25, 0.3) is 5.57 Å². The molecule has 2 rings (SSSR count). The zero-order valence-electron chi connectivity index (χ0n) is 9.18. The third-order valence-corrected chi connectivity index (χ3v) is 3.90. The van der Waals surface area contributed by atoms with E-state index in [0.717, 1.165) is 6.42 Å². The summed E-state index contributed by atoms with van der Waals surface area (Å²) in [6, 6.07) is 6.38. The van der Waals surface area contributed by atoms with Gasteiger partial charge in [-0.2, -0.15) is 0 Å². The molecule has 0 radical (unpaired) electrons. The highest BCUT2D eigenvalue weighted by molar-refractivity contribution is 9.10. The van der Waals surface area contributed by atoms with Crippen molar-refractivity contribution in [3.63, 3.8) is 0 Å². The lowest BCUT2D eigenvalue weighted by Crippen LogP contribution is -2.24. The number of benzene rings is 1. The molecule has 0 saturated heterocycles. The van der Waals surface area contributed by atoms with Crippen LogP contribution in [-0.2, 0) is 6.42 Å². The van der Waals surface area contributed by atoms with Crippen molar-refractivity contribution in [1.29, 1.82) is 0 Å². The highest BCUT2D eigenvalue weighted by Crippen LogP contribution is 2.41. The molecule has 0 aliphatic heterocycles. The summed E-state index contributed by atoms with van der Waals surface area (Å²) >= 11 is 3.60. The van der Waals surface area contributed by atoms with Gasteiger partial charge in [0.2, 0.25) is 0 Å². The molecule has 0 aromatic heterocycles. The molecule has 0 spiro atoms. The van der Waals surface area contributed by atoms with Crippen molar-refractivity contribution < 1.29 is 0 Å². The Balaban J connectivity index is 2.48. The van der Waals surface area contributed by atoms with Crippen molar-refractivity contribution in [3.8, 4) is 0 Å². The van der Waals surface area contributed by atoms with E-state index in [1.807, 2.05) is 0 Å². The second-order valence-electron chi connectivity index (χ2n) is 4.68. The van der Waals surface area contributed by atoms with Gasteiger partial charge in [0.15, 0.2) is 0 Å². The molecule has 2 N–H and O–H groups in total. The third kappa shape index (κ3) is 1.77. The van der Waals surface area contributed by atoms with E-state index in [-0.39, 0.29) is 5.41 Å². The minimum atomic E-state index is 0.0754. The molecular formula is C13H16BrN. The van der Waals surface area contributed by atoms with Crippen molar-refractivity contribution in [2.24, 2.45) is 11.1 Å². The first-order valence-corrected chi connectivity index (χ1v) is 6.04. The fourth-order valence-corrected chi connectivity index (χ4v) is 2.61. The van der Waals surface area contributed by atoms with Crippen molar-refractivity contribution in [2.45, 2.75) is 20.3 Å². The van der Waals surface area contributed by atoms with Gasteiger partial charge in [-0.25, -0.2) is 0 Å². The first kappa shape index (κ1) is 10.9. The minimum absolute atomic E-state index is 0.0754. The molecule has 1 nitrogen and oxygen atoms in total. The van der Waals surface area contributed by atoms with Crippen LogP contribution in [-0.4, -0.2) is 6.54 Å². The zero-order chi connectivity index (χ0) is 11.1. The molecule has 1 aliphatic carbocycles. The average Bonchev–Trinajstić information content (AvgIpc) is 2.63. The molecule has 2 heteroatoms. The van der Waals surface area contributed by atoms with E-state index < -0.39 is 0 Å². The van der Waals surface area contributed by atoms with Crippen molar-refractivity contribution in [1.82, 2.24) is 0 Å². The molecule has 0 heterocycles. The first-order chi connectivity index (χ1) is 7.06. The molecule has 0 fully saturated rings. The number of rotatable bonds is 2. The van der Waals surface area contributed by atoms with Gasteiger partial charge in [-0.15, -0.1) is 0 Å². The number of allylic oxidation sites excluding steroid dienone is 1. The first-order valence-electron chi connectivity index (χ1n) is 5.25. The largest absolute Gasteiger partial charge is 0.330 e. The predicted molar refractivity (Wildman–Crippen MR) is 68.7 cm³/mol. The lowest BCUT2D eigenvalue weighted by atomic mass is 9.81. The summed E-state index contributed by atoms with van der Waals surface area (Å²) in [7, 11) is 0. The molecule has 0 saturated carbocycles. The van der Waals surface area contributed by atoms with Crippen LogP contribution >= 0.6 is 15.9 Å². The van der Waals surface area contributed by atoms with Crippen LogP contribution in [0.1, 0.15) is 25.0 Å². The maximum atomic E-state index is 5.83. The number of nitrogens with two attached hydrogens (primary N) is 1. The van der Waals surface area contributed by atoms with Gasteiger partial charge in [-0.3, -0.25) is 0 Å². The summed E-state index contributed by atoms with van der Waals surface area (Å²) in [6.45, 7) is 5.09. The molecule has 0 atom stereocenters. The Labute approximate surface area is 99.5 Å². The van der Waals surface area contributed by atoms with Gasteiger partial charge in [0.05, 0.1) is 0 Å². The molecule has 0 amide bonds. The van der Waals surface area contributed by atoms with Gasteiger partial charge >= 0.3 is 0 Å². The summed E-state index contributed by atoms with van der Waals surface area (Å²) < 4.78 is 1.21. The second kappa shape index (κ2) is 3.76. The molecule has 1 aliphatic rings. The maximum Gasteiger partial charge on any atom is 0.0216 e. The quantitative estimate of drug-likeness (QED) is 0.872. The topological polar surface area (TPSA) is 26.0 Å². The summed E-state index contributed by atoms with van der Waals surface area (Å²) in [4.78, 5) is 0. The van der Waals surface area contributed by atoms with Gasteiger partial charge in [0.1, 0.15) is 0 Å². The van der Waals surface area contributed by atoms with Gasteiger partial charge < -0.3 is 5.73 Å². The summed E-state index contributed by atoms with van der Waals surface area (Å²) in [5, 5.41) is 0. The number of halogens is 1. The molecule has 0 bridgehead atoms. The third-order valence-electron chi connectivity index (χ3n) is 3.16. The predicted octanol–water partition coefficient (Wildman–Crippen LogP) is 3.37. The van der Waals surface area contributed by atoms with Crippen molar-refractivity contribution in [3.05, 3.63) is 39.9 Å². The lowest BCUT2D eigenvalue weighted by Gasteiger charge is -2.25. The lowest BCUT2D eigenvalue weighted by molar-refractivity contribution is 0.516. The molecule has 15 heavy (non-hydrogen) atoms. The molecule has 1 aromatic carbocycles. The van der Waals surface area contributed by atoms with E-state index in [1.165, 1.54) is 21.2 Å². The summed E-state index contributed by atoms with van der Waals surface area (Å²) in [6.07, 6.45) is 3.33. The van der Waals surface area contributed by atoms with E-state index in [4.69, 9.17) is 5.73 Å². The zero-order valence-corrected chi connectivity index (χ0v) is 10.8. The van der Waals surface area contributed by atoms with E-state index in [2.05, 4.69) is 54.1 Å². The number of hydrogen-bond acceptors (Lipinski definition) is 1. The number of hydrogen-bond donors (Lipinski definition) is 1. The monoisotopic (exact) mass is 265 g/mol. The Morgan fingerprint density at radius 1 is 1.40 bits per heavy atom. The average molecular weight is 266 g/mol. The Bertz CT molecular complexity index is 419. The van der Waals surface area contributed by atoms with Crippen LogP contribution in [0.5, 0.6) is 0 Å². The Hall–Kier alpha value is -0.600. The van der Waals surface area contributed by atoms with E-state index in [9.17, 15) is 0 Å². The Morgan fingerprint density at radius 3 is 2.80 bits per heavy atom. The normalized spacial score (nSPS) is 15.1. The van der Waals surface area contributed by atoms with Crippen LogP contribution in [0.2, 0.25) is 0 Å². The smallest absolute Gasteiger partial charge is 0.0216 e. The maximum absolute atomic E-state index is 5.83. The fourth-order valence-electron chi connectivity index (χ4n) is 2.08. The van der Waals surface area contributed by atoms with Gasteiger partial charge in [0, 0.05) is 16.4 Å². The van der Waals surface area contributed by atoms with E-state index >= 15 is 0 Å². The van der Waals surface area contributed by atoms with Crippen molar-refractivity contribution >= 4 is 21.5 Å². The molecular weight excluding hydrogens is 250 g/mol. The molecule has 80 valence electrons. The number of fused-ring (bicyclic) bond motifs is 1. The standard InChI is InChI=1S/C13H16BrN/c1-13(2,8-15)11-7-6-10-9(11)4-3-5-12(10)14/h3-5,7H,6,8,15H2,1-2H3. The van der Waals surface area contributed by atoms with Crippen LogP contribution in [0, 0.1) is 5.41 Å². The van der Waals surface area contributed by atoms with Gasteiger partial charge in [0.25, 0.3) is 0 Å². The van der Waals surface area contributed by atoms with Crippen LogP contribution < -0.4 is 5.73 Å². The minimum Gasteiger partial charge on any atom is -0.330 e. The van der Waals surface area contributed by atoms with Crippen LogP contribution in [0.15, 0.2) is 28.7 Å². The van der Waals surface area contributed by atoms with Crippen LogP contribution in [0.3, 0.4) is 0 Å². The Kier molecular flexibility index (Phi) is 2.73. The van der Waals surface area contributed by atoms with Gasteiger partial charge in [-0.1, -0.05) is 48.0 Å². The SMILES string of the molecule is CC(C)(CN)C1=CCc2c(Br)cccc21. The van der Waals surface area contributed by atoms with E-state index in [1.54, 1.807) is 0 Å². The van der Waals surface area contributed by atoms with E-state index in [0.29, 0.717) is 6.54 Å².